The molecule has 0 radical (unpaired) electrons. The highest BCUT2D eigenvalue weighted by atomic mass is 32.2. The average Bonchev–Trinajstić information content (AvgIpc) is 3.32. The lowest BCUT2D eigenvalue weighted by Gasteiger charge is -2.11. The van der Waals surface area contributed by atoms with Crippen molar-refractivity contribution in [3.05, 3.63) is 109 Å². The van der Waals surface area contributed by atoms with Gasteiger partial charge in [-0.1, -0.05) is 30.3 Å². The number of sulfonamides is 1. The fourth-order valence-electron chi connectivity index (χ4n) is 2.97. The Balaban J connectivity index is 1.53. The van der Waals surface area contributed by atoms with Crippen LogP contribution in [0.2, 0.25) is 0 Å². The molecule has 0 atom stereocenters. The Kier molecular flexibility index (Phi) is 6.14. The maximum absolute atomic E-state index is 13.0. The Morgan fingerprint density at radius 1 is 0.875 bits per heavy atom. The van der Waals surface area contributed by atoms with Crippen molar-refractivity contribution in [2.45, 2.75) is 4.90 Å². The van der Waals surface area contributed by atoms with Crippen LogP contribution in [-0.4, -0.2) is 19.3 Å². The van der Waals surface area contributed by atoms with Crippen LogP contribution in [0.4, 0.5) is 11.4 Å². The van der Waals surface area contributed by atoms with E-state index in [0.29, 0.717) is 22.7 Å². The molecule has 7 nitrogen and oxygen atoms in total. The summed E-state index contributed by atoms with van der Waals surface area (Å²) in [6.07, 6.45) is 6.16. The van der Waals surface area contributed by atoms with Gasteiger partial charge in [-0.15, -0.1) is 0 Å². The van der Waals surface area contributed by atoms with Crippen molar-refractivity contribution in [3.8, 4) is 0 Å². The molecule has 0 aliphatic carbocycles. The van der Waals surface area contributed by atoms with Crippen molar-refractivity contribution in [2.24, 2.45) is 0 Å². The van der Waals surface area contributed by atoms with Crippen molar-refractivity contribution in [3.63, 3.8) is 0 Å². The van der Waals surface area contributed by atoms with Crippen LogP contribution in [0.25, 0.3) is 11.6 Å². The topological polar surface area (TPSA) is 101 Å². The second-order valence-corrected chi connectivity index (χ2v) is 8.45. The minimum atomic E-state index is -3.78. The number of anilines is 2. The number of pyridine rings is 1. The summed E-state index contributed by atoms with van der Waals surface area (Å²) >= 11 is 0. The molecule has 32 heavy (non-hydrogen) atoms. The molecule has 0 saturated heterocycles. The van der Waals surface area contributed by atoms with Crippen LogP contribution >= 0.6 is 0 Å². The normalized spacial score (nSPS) is 11.7. The van der Waals surface area contributed by atoms with Crippen molar-refractivity contribution < 1.29 is 17.6 Å². The van der Waals surface area contributed by atoms with Gasteiger partial charge in [-0.3, -0.25) is 14.5 Å². The molecule has 0 fully saturated rings. The minimum Gasteiger partial charge on any atom is -0.465 e. The van der Waals surface area contributed by atoms with Crippen LogP contribution in [0.3, 0.4) is 0 Å². The molecule has 0 bridgehead atoms. The standard InChI is InChI=1S/C24H19N3O4S/c28-24(23(16-21-9-5-15-31-21)18-6-2-1-3-7-18)26-19-10-12-22(13-11-19)32(29,30)27-20-8-4-14-25-17-20/h1-17,27H,(H,26,28)/b23-16-. The first kappa shape index (κ1) is 21.1. The molecule has 2 N–H and O–H groups in total. The lowest BCUT2D eigenvalue weighted by molar-refractivity contribution is -0.111. The fraction of sp³-hybridized carbons (Fsp3) is 0. The SMILES string of the molecule is O=C(Nc1ccc(S(=O)(=O)Nc2cccnc2)cc1)/C(=C\c1ccco1)c1ccccc1. The van der Waals surface area contributed by atoms with Gasteiger partial charge in [-0.2, -0.15) is 0 Å². The van der Waals surface area contributed by atoms with Gasteiger partial charge in [0.05, 0.1) is 28.6 Å². The monoisotopic (exact) mass is 445 g/mol. The second kappa shape index (κ2) is 9.32. The number of hydrogen-bond acceptors (Lipinski definition) is 5. The number of nitrogens with zero attached hydrogens (tertiary/aromatic N) is 1. The number of aromatic nitrogens is 1. The fourth-order valence-corrected chi connectivity index (χ4v) is 4.01. The Morgan fingerprint density at radius 2 is 1.66 bits per heavy atom. The van der Waals surface area contributed by atoms with Crippen LogP contribution in [0.5, 0.6) is 0 Å². The zero-order valence-electron chi connectivity index (χ0n) is 16.8. The Morgan fingerprint density at radius 3 is 2.31 bits per heavy atom. The number of furan rings is 1. The number of hydrogen-bond donors (Lipinski definition) is 2. The highest BCUT2D eigenvalue weighted by Crippen LogP contribution is 2.22. The molecule has 0 unspecified atom stereocenters. The number of nitrogens with one attached hydrogen (secondary N) is 2. The van der Waals surface area contributed by atoms with Crippen LogP contribution < -0.4 is 10.0 Å². The highest BCUT2D eigenvalue weighted by Gasteiger charge is 2.16. The predicted molar refractivity (Wildman–Crippen MR) is 123 cm³/mol. The Hall–Kier alpha value is -4.17. The van der Waals surface area contributed by atoms with E-state index in [9.17, 15) is 13.2 Å². The summed E-state index contributed by atoms with van der Waals surface area (Å²) in [4.78, 5) is 17.0. The zero-order chi connectivity index (χ0) is 22.4. The van der Waals surface area contributed by atoms with E-state index < -0.39 is 10.0 Å². The van der Waals surface area contributed by atoms with E-state index in [-0.39, 0.29) is 10.8 Å². The summed E-state index contributed by atoms with van der Waals surface area (Å²) < 4.78 is 32.9. The quantitative estimate of drug-likeness (QED) is 0.403. The van der Waals surface area contributed by atoms with E-state index >= 15 is 0 Å². The third-order valence-electron chi connectivity index (χ3n) is 4.50. The molecule has 160 valence electrons. The third kappa shape index (κ3) is 5.11. The molecule has 1 amide bonds. The van der Waals surface area contributed by atoms with E-state index in [1.54, 1.807) is 36.5 Å². The van der Waals surface area contributed by atoms with Crippen molar-refractivity contribution in [2.75, 3.05) is 10.0 Å². The van der Waals surface area contributed by atoms with E-state index in [1.165, 1.54) is 36.7 Å². The largest absolute Gasteiger partial charge is 0.465 e. The lowest BCUT2D eigenvalue weighted by atomic mass is 10.0. The first-order valence-electron chi connectivity index (χ1n) is 9.66. The van der Waals surface area contributed by atoms with Gasteiger partial charge in [-0.05, 0) is 60.2 Å². The molecule has 0 aliphatic heterocycles. The van der Waals surface area contributed by atoms with Crippen LogP contribution in [0.15, 0.2) is 107 Å². The van der Waals surface area contributed by atoms with Crippen LogP contribution in [-0.2, 0) is 14.8 Å². The molecule has 4 rings (SSSR count). The van der Waals surface area contributed by atoms with Crippen molar-refractivity contribution in [1.82, 2.24) is 4.98 Å². The van der Waals surface area contributed by atoms with E-state index in [2.05, 4.69) is 15.0 Å². The number of carbonyl (C=O) groups excluding carboxylic acids is 1. The van der Waals surface area contributed by atoms with E-state index in [0.717, 1.165) is 5.56 Å². The molecule has 0 spiro atoms. The molecule has 2 heterocycles. The van der Waals surface area contributed by atoms with Gasteiger partial charge >= 0.3 is 0 Å². The van der Waals surface area contributed by atoms with Gasteiger partial charge in [0, 0.05) is 11.9 Å². The molecular formula is C24H19N3O4S. The van der Waals surface area contributed by atoms with Gasteiger partial charge in [-0.25, -0.2) is 8.42 Å². The first-order chi connectivity index (χ1) is 15.5. The molecule has 0 saturated carbocycles. The smallest absolute Gasteiger partial charge is 0.261 e. The highest BCUT2D eigenvalue weighted by molar-refractivity contribution is 7.92. The number of carbonyl (C=O) groups is 1. The van der Waals surface area contributed by atoms with Gasteiger partial charge in [0.2, 0.25) is 0 Å². The van der Waals surface area contributed by atoms with Crippen molar-refractivity contribution >= 4 is 39.0 Å². The van der Waals surface area contributed by atoms with Gasteiger partial charge in [0.25, 0.3) is 15.9 Å². The molecule has 4 aromatic rings. The number of amides is 1. The molecule has 8 heteroatoms. The number of rotatable bonds is 7. The summed E-state index contributed by atoms with van der Waals surface area (Å²) in [6, 6.07) is 21.9. The van der Waals surface area contributed by atoms with Crippen LogP contribution in [0.1, 0.15) is 11.3 Å². The number of benzene rings is 2. The van der Waals surface area contributed by atoms with Crippen LogP contribution in [0, 0.1) is 0 Å². The Labute approximate surface area is 185 Å². The molecule has 2 aromatic carbocycles. The molecule has 2 aromatic heterocycles. The summed E-state index contributed by atoms with van der Waals surface area (Å²) in [7, 11) is -3.78. The maximum atomic E-state index is 13.0. The summed E-state index contributed by atoms with van der Waals surface area (Å²) in [6.45, 7) is 0. The second-order valence-electron chi connectivity index (χ2n) is 6.77. The summed E-state index contributed by atoms with van der Waals surface area (Å²) in [5.74, 6) is 0.193. The van der Waals surface area contributed by atoms with Gasteiger partial charge in [0.1, 0.15) is 5.76 Å². The molecule has 0 aliphatic rings. The lowest BCUT2D eigenvalue weighted by Crippen LogP contribution is -2.15. The summed E-state index contributed by atoms with van der Waals surface area (Å²) in [5.41, 5.74) is 1.95. The van der Waals surface area contributed by atoms with E-state index in [1.807, 2.05) is 30.3 Å². The van der Waals surface area contributed by atoms with Gasteiger partial charge < -0.3 is 9.73 Å². The predicted octanol–water partition coefficient (Wildman–Crippen LogP) is 4.65. The van der Waals surface area contributed by atoms with Crippen molar-refractivity contribution in [1.29, 1.82) is 0 Å². The first-order valence-corrected chi connectivity index (χ1v) is 11.1. The maximum Gasteiger partial charge on any atom is 0.261 e. The van der Waals surface area contributed by atoms with Gasteiger partial charge in [0.15, 0.2) is 0 Å². The molecular weight excluding hydrogens is 426 g/mol. The zero-order valence-corrected chi connectivity index (χ0v) is 17.6. The summed E-state index contributed by atoms with van der Waals surface area (Å²) in [5, 5.41) is 2.81. The average molecular weight is 446 g/mol. The minimum absolute atomic E-state index is 0.0637. The third-order valence-corrected chi connectivity index (χ3v) is 5.89. The van der Waals surface area contributed by atoms with E-state index in [4.69, 9.17) is 4.42 Å². The Bertz CT molecular complexity index is 1320.